The van der Waals surface area contributed by atoms with Gasteiger partial charge in [0.25, 0.3) is 0 Å². The molecular formula is C35H35FN2O6. The van der Waals surface area contributed by atoms with Crippen molar-refractivity contribution >= 4 is 17.8 Å². The number of ether oxygens (including phenoxy) is 3. The van der Waals surface area contributed by atoms with E-state index in [0.29, 0.717) is 35.8 Å². The van der Waals surface area contributed by atoms with Gasteiger partial charge in [0.1, 0.15) is 31.1 Å². The molecular weight excluding hydrogens is 563 g/mol. The molecule has 228 valence electrons. The first-order valence-electron chi connectivity index (χ1n) is 14.2. The number of esters is 1. The van der Waals surface area contributed by atoms with Crippen LogP contribution >= 0.6 is 0 Å². The van der Waals surface area contributed by atoms with E-state index in [0.717, 1.165) is 11.1 Å². The molecule has 4 aromatic carbocycles. The van der Waals surface area contributed by atoms with Crippen LogP contribution in [0.5, 0.6) is 11.5 Å². The van der Waals surface area contributed by atoms with Crippen LogP contribution < -0.4 is 20.1 Å². The van der Waals surface area contributed by atoms with Gasteiger partial charge in [-0.05, 0) is 46.5 Å². The highest BCUT2D eigenvalue weighted by molar-refractivity contribution is 5.90. The molecule has 2 amide bonds. The highest BCUT2D eigenvalue weighted by atomic mass is 19.1. The summed E-state index contributed by atoms with van der Waals surface area (Å²) >= 11 is 0. The predicted octanol–water partition coefficient (Wildman–Crippen LogP) is 4.93. The van der Waals surface area contributed by atoms with Crippen molar-refractivity contribution in [2.45, 2.75) is 45.1 Å². The van der Waals surface area contributed by atoms with E-state index < -0.39 is 35.7 Å². The minimum absolute atomic E-state index is 0.0857. The molecule has 2 atom stereocenters. The number of nitrogens with one attached hydrogen (secondary N) is 2. The molecule has 0 saturated carbocycles. The maximum absolute atomic E-state index is 13.4. The smallest absolute Gasteiger partial charge is 0.328 e. The number of hydrogen-bond acceptors (Lipinski definition) is 6. The van der Waals surface area contributed by atoms with Gasteiger partial charge >= 0.3 is 5.97 Å². The standard InChI is InChI=1S/C35H35FN2O6/c1-24(39)37-30(19-25-13-16-29(36)17-14-25)34(40)38-31(35(41)42-2)20-28-15-18-32(43-22-26-9-5-3-6-10-26)33(21-28)44-23-27-11-7-4-8-12-27/h3-18,21,30-31H,19-20,22-23H2,1-2H3,(H,37,39)(H,38,40)/t30-,31+/m1/s1. The third-order valence-electron chi connectivity index (χ3n) is 6.77. The molecule has 0 spiro atoms. The summed E-state index contributed by atoms with van der Waals surface area (Å²) in [4.78, 5) is 38.0. The van der Waals surface area contributed by atoms with Crippen molar-refractivity contribution in [3.63, 3.8) is 0 Å². The molecule has 0 bridgehead atoms. The zero-order valence-electron chi connectivity index (χ0n) is 24.6. The van der Waals surface area contributed by atoms with Gasteiger partial charge in [-0.1, -0.05) is 78.9 Å². The number of amides is 2. The van der Waals surface area contributed by atoms with Gasteiger partial charge in [0.2, 0.25) is 11.8 Å². The topological polar surface area (TPSA) is 103 Å². The first-order valence-corrected chi connectivity index (χ1v) is 14.2. The van der Waals surface area contributed by atoms with Crippen LogP contribution in [0.15, 0.2) is 103 Å². The SMILES string of the molecule is COC(=O)[C@H](Cc1ccc(OCc2ccccc2)c(OCc2ccccc2)c1)NC(=O)[C@@H](Cc1ccc(F)cc1)NC(C)=O. The maximum Gasteiger partial charge on any atom is 0.328 e. The Bertz CT molecular complexity index is 1530. The van der Waals surface area contributed by atoms with Gasteiger partial charge in [-0.2, -0.15) is 0 Å². The van der Waals surface area contributed by atoms with E-state index in [1.807, 2.05) is 60.7 Å². The van der Waals surface area contributed by atoms with Crippen molar-refractivity contribution in [3.8, 4) is 11.5 Å². The first kappa shape index (κ1) is 31.7. The molecule has 0 aromatic heterocycles. The number of benzene rings is 4. The lowest BCUT2D eigenvalue weighted by molar-refractivity contribution is -0.145. The van der Waals surface area contributed by atoms with Crippen LogP contribution in [0, 0.1) is 5.82 Å². The van der Waals surface area contributed by atoms with E-state index in [9.17, 15) is 18.8 Å². The van der Waals surface area contributed by atoms with Gasteiger partial charge in [0.15, 0.2) is 11.5 Å². The summed E-state index contributed by atoms with van der Waals surface area (Å²) in [6.45, 7) is 1.92. The fourth-order valence-electron chi connectivity index (χ4n) is 4.54. The van der Waals surface area contributed by atoms with Crippen LogP contribution in [0.3, 0.4) is 0 Å². The quantitative estimate of drug-likeness (QED) is 0.200. The van der Waals surface area contributed by atoms with Crippen LogP contribution in [-0.2, 0) is 45.2 Å². The van der Waals surface area contributed by atoms with E-state index in [2.05, 4.69) is 10.6 Å². The molecule has 0 radical (unpaired) electrons. The molecule has 4 aromatic rings. The normalized spacial score (nSPS) is 12.0. The van der Waals surface area contributed by atoms with Crippen molar-refractivity contribution in [2.75, 3.05) is 7.11 Å². The molecule has 0 heterocycles. The molecule has 0 unspecified atom stereocenters. The van der Waals surface area contributed by atoms with Gasteiger partial charge in [0, 0.05) is 19.8 Å². The molecule has 0 aliphatic heterocycles. The van der Waals surface area contributed by atoms with Crippen LogP contribution in [0.2, 0.25) is 0 Å². The Morgan fingerprint density at radius 1 is 0.659 bits per heavy atom. The summed E-state index contributed by atoms with van der Waals surface area (Å²) in [6.07, 6.45) is 0.187. The van der Waals surface area contributed by atoms with Crippen molar-refractivity contribution in [3.05, 3.63) is 131 Å². The van der Waals surface area contributed by atoms with Crippen molar-refractivity contribution < 1.29 is 33.0 Å². The Labute approximate surface area is 256 Å². The Morgan fingerprint density at radius 3 is 1.77 bits per heavy atom. The van der Waals surface area contributed by atoms with E-state index in [4.69, 9.17) is 14.2 Å². The highest BCUT2D eigenvalue weighted by Crippen LogP contribution is 2.31. The lowest BCUT2D eigenvalue weighted by Crippen LogP contribution is -2.53. The molecule has 8 nitrogen and oxygen atoms in total. The Hall–Kier alpha value is -5.18. The van der Waals surface area contributed by atoms with Crippen LogP contribution in [0.4, 0.5) is 4.39 Å². The predicted molar refractivity (Wildman–Crippen MR) is 163 cm³/mol. The number of hydrogen-bond donors (Lipinski definition) is 2. The third kappa shape index (κ3) is 9.69. The number of methoxy groups -OCH3 is 1. The second-order valence-corrected chi connectivity index (χ2v) is 10.2. The second-order valence-electron chi connectivity index (χ2n) is 10.2. The lowest BCUT2D eigenvalue weighted by atomic mass is 10.0. The minimum Gasteiger partial charge on any atom is -0.485 e. The molecule has 0 fully saturated rings. The lowest BCUT2D eigenvalue weighted by Gasteiger charge is -2.22. The van der Waals surface area contributed by atoms with Crippen LogP contribution in [-0.4, -0.2) is 37.0 Å². The molecule has 0 saturated heterocycles. The van der Waals surface area contributed by atoms with Crippen molar-refractivity contribution in [1.82, 2.24) is 10.6 Å². The van der Waals surface area contributed by atoms with Crippen LogP contribution in [0.1, 0.15) is 29.2 Å². The summed E-state index contributed by atoms with van der Waals surface area (Å²) < 4.78 is 30.6. The summed E-state index contributed by atoms with van der Waals surface area (Å²) in [6, 6.07) is 28.3. The average molecular weight is 599 g/mol. The van der Waals surface area contributed by atoms with Gasteiger partial charge in [0.05, 0.1) is 7.11 Å². The summed E-state index contributed by atoms with van der Waals surface area (Å²) in [5.41, 5.74) is 3.29. The second kappa shape index (κ2) is 15.9. The number of rotatable bonds is 14. The van der Waals surface area contributed by atoms with Crippen LogP contribution in [0.25, 0.3) is 0 Å². The number of carbonyl (C=O) groups is 3. The summed E-state index contributed by atoms with van der Waals surface area (Å²) in [5, 5.41) is 5.33. The van der Waals surface area contributed by atoms with E-state index in [1.54, 1.807) is 18.2 Å². The Kier molecular flexibility index (Phi) is 11.5. The van der Waals surface area contributed by atoms with E-state index in [-0.39, 0.29) is 12.8 Å². The molecule has 2 N–H and O–H groups in total. The van der Waals surface area contributed by atoms with Gasteiger partial charge in [-0.3, -0.25) is 9.59 Å². The minimum atomic E-state index is -1.06. The molecule has 9 heteroatoms. The van der Waals surface area contributed by atoms with E-state index >= 15 is 0 Å². The number of carbonyl (C=O) groups excluding carboxylic acids is 3. The first-order chi connectivity index (χ1) is 21.3. The monoisotopic (exact) mass is 598 g/mol. The largest absolute Gasteiger partial charge is 0.485 e. The zero-order valence-corrected chi connectivity index (χ0v) is 24.6. The molecule has 0 aliphatic carbocycles. The molecule has 0 aliphatic rings. The fourth-order valence-corrected chi connectivity index (χ4v) is 4.54. The van der Waals surface area contributed by atoms with Crippen molar-refractivity contribution in [1.29, 1.82) is 0 Å². The van der Waals surface area contributed by atoms with Gasteiger partial charge in [-0.25, -0.2) is 9.18 Å². The fraction of sp³-hybridized carbons (Fsp3) is 0.229. The van der Waals surface area contributed by atoms with Gasteiger partial charge < -0.3 is 24.8 Å². The third-order valence-corrected chi connectivity index (χ3v) is 6.77. The van der Waals surface area contributed by atoms with E-state index in [1.165, 1.54) is 38.3 Å². The van der Waals surface area contributed by atoms with Crippen molar-refractivity contribution in [2.24, 2.45) is 0 Å². The molecule has 4 rings (SSSR count). The zero-order chi connectivity index (χ0) is 31.3. The summed E-state index contributed by atoms with van der Waals surface area (Å²) in [5.74, 6) is -1.07. The summed E-state index contributed by atoms with van der Waals surface area (Å²) in [7, 11) is 1.24. The maximum atomic E-state index is 13.4. The Balaban J connectivity index is 1.53. The average Bonchev–Trinajstić information content (AvgIpc) is 3.04. The highest BCUT2D eigenvalue weighted by Gasteiger charge is 2.28. The van der Waals surface area contributed by atoms with Gasteiger partial charge in [-0.15, -0.1) is 0 Å². The molecule has 44 heavy (non-hydrogen) atoms. The number of halogens is 1. The Morgan fingerprint density at radius 2 is 1.20 bits per heavy atom.